The molecule has 1 aliphatic rings. The van der Waals surface area contributed by atoms with Crippen molar-refractivity contribution in [1.82, 2.24) is 4.90 Å². The summed E-state index contributed by atoms with van der Waals surface area (Å²) in [7, 11) is 2.08. The molecule has 106 valence electrons. The van der Waals surface area contributed by atoms with Crippen molar-refractivity contribution in [3.05, 3.63) is 22.4 Å². The van der Waals surface area contributed by atoms with E-state index in [0.29, 0.717) is 12.5 Å². The molecule has 5 heteroatoms. The summed E-state index contributed by atoms with van der Waals surface area (Å²) in [6, 6.07) is 4.66. The van der Waals surface area contributed by atoms with Gasteiger partial charge in [0.25, 0.3) is 0 Å². The number of ether oxygens (including phenoxy) is 1. The maximum atomic E-state index is 10.8. The average molecular weight is 283 g/mol. The highest BCUT2D eigenvalue weighted by atomic mass is 32.1. The van der Waals surface area contributed by atoms with Crippen molar-refractivity contribution in [2.24, 2.45) is 0 Å². The third-order valence-electron chi connectivity index (χ3n) is 3.70. The Morgan fingerprint density at radius 2 is 2.42 bits per heavy atom. The monoisotopic (exact) mass is 283 g/mol. The summed E-state index contributed by atoms with van der Waals surface area (Å²) in [6.07, 6.45) is 1.95. The summed E-state index contributed by atoms with van der Waals surface area (Å²) < 4.78 is 5.54. The Labute approximate surface area is 118 Å². The molecule has 1 aromatic rings. The third-order valence-corrected chi connectivity index (χ3v) is 4.60. The summed E-state index contributed by atoms with van der Waals surface area (Å²) in [5.74, 6) is -0.836. The molecule has 19 heavy (non-hydrogen) atoms. The van der Waals surface area contributed by atoms with Gasteiger partial charge in [-0.15, -0.1) is 11.3 Å². The number of carboxylic acids is 1. The topological polar surface area (TPSA) is 49.8 Å². The smallest absolute Gasteiger partial charge is 0.332 e. The van der Waals surface area contributed by atoms with E-state index < -0.39 is 12.1 Å². The van der Waals surface area contributed by atoms with Crippen LogP contribution in [0.5, 0.6) is 0 Å². The Bertz CT molecular complexity index is 407. The van der Waals surface area contributed by atoms with Crippen LogP contribution in [0.1, 0.15) is 24.6 Å². The minimum absolute atomic E-state index is 0.0527. The lowest BCUT2D eigenvalue weighted by molar-refractivity contribution is -0.149. The second kappa shape index (κ2) is 6.50. The molecule has 0 aliphatic carbocycles. The Balaban J connectivity index is 1.77. The molecule has 1 saturated heterocycles. The van der Waals surface area contributed by atoms with Crippen molar-refractivity contribution in [1.29, 1.82) is 0 Å². The van der Waals surface area contributed by atoms with E-state index in [-0.39, 0.29) is 6.10 Å². The van der Waals surface area contributed by atoms with Gasteiger partial charge < -0.3 is 14.7 Å². The number of carbonyl (C=O) groups is 1. The van der Waals surface area contributed by atoms with Crippen LogP contribution in [0, 0.1) is 0 Å². The number of nitrogens with zero attached hydrogens (tertiary/aromatic N) is 1. The minimum Gasteiger partial charge on any atom is -0.479 e. The van der Waals surface area contributed by atoms with Gasteiger partial charge in [0.1, 0.15) is 0 Å². The first-order chi connectivity index (χ1) is 9.06. The predicted molar refractivity (Wildman–Crippen MR) is 75.6 cm³/mol. The standard InChI is InChI=1S/C14H21NO3S/c1-10(8-12-4-3-7-19-12)15(2)9-11-5-6-13(18-11)14(16)17/h3-4,7,10-11,13H,5-6,8-9H2,1-2H3,(H,16,17). The van der Waals surface area contributed by atoms with Crippen LogP contribution in [0.2, 0.25) is 0 Å². The van der Waals surface area contributed by atoms with Crippen LogP contribution in [0.3, 0.4) is 0 Å². The van der Waals surface area contributed by atoms with Gasteiger partial charge in [0, 0.05) is 17.5 Å². The fraction of sp³-hybridized carbons (Fsp3) is 0.643. The first-order valence-corrected chi connectivity index (χ1v) is 7.55. The van der Waals surface area contributed by atoms with Gasteiger partial charge in [-0.05, 0) is 44.7 Å². The normalized spacial score (nSPS) is 24.8. The van der Waals surface area contributed by atoms with Gasteiger partial charge in [-0.25, -0.2) is 4.79 Å². The molecule has 1 aromatic heterocycles. The number of likely N-dealkylation sites (N-methyl/N-ethyl adjacent to an activating group) is 1. The molecule has 1 fully saturated rings. The highest BCUT2D eigenvalue weighted by molar-refractivity contribution is 7.09. The van der Waals surface area contributed by atoms with Crippen molar-refractivity contribution in [3.8, 4) is 0 Å². The lowest BCUT2D eigenvalue weighted by atomic mass is 10.1. The molecule has 2 rings (SSSR count). The maximum absolute atomic E-state index is 10.8. The lowest BCUT2D eigenvalue weighted by Gasteiger charge is -2.27. The molecular formula is C14H21NO3S. The fourth-order valence-corrected chi connectivity index (χ4v) is 3.23. The van der Waals surface area contributed by atoms with Gasteiger partial charge in [0.2, 0.25) is 0 Å². The molecule has 3 unspecified atom stereocenters. The molecule has 0 spiro atoms. The summed E-state index contributed by atoms with van der Waals surface area (Å²) in [4.78, 5) is 14.5. The molecule has 0 aromatic carbocycles. The second-order valence-electron chi connectivity index (χ2n) is 5.23. The maximum Gasteiger partial charge on any atom is 0.332 e. The Hall–Kier alpha value is -0.910. The van der Waals surface area contributed by atoms with E-state index >= 15 is 0 Å². The van der Waals surface area contributed by atoms with E-state index in [0.717, 1.165) is 19.4 Å². The number of thiophene rings is 1. The number of carboxylic acid groups (broad SMARTS) is 1. The lowest BCUT2D eigenvalue weighted by Crippen LogP contribution is -2.37. The van der Waals surface area contributed by atoms with Gasteiger partial charge in [0.15, 0.2) is 6.10 Å². The van der Waals surface area contributed by atoms with E-state index in [1.165, 1.54) is 4.88 Å². The summed E-state index contributed by atoms with van der Waals surface area (Å²) in [5, 5.41) is 11.0. The molecule has 3 atom stereocenters. The van der Waals surface area contributed by atoms with E-state index in [4.69, 9.17) is 9.84 Å². The molecule has 0 radical (unpaired) electrons. The highest BCUT2D eigenvalue weighted by Crippen LogP contribution is 2.21. The molecule has 2 heterocycles. The molecule has 1 N–H and O–H groups in total. The van der Waals surface area contributed by atoms with Gasteiger partial charge in [0.05, 0.1) is 6.10 Å². The Morgan fingerprint density at radius 1 is 1.63 bits per heavy atom. The van der Waals surface area contributed by atoms with Gasteiger partial charge in [-0.3, -0.25) is 0 Å². The number of rotatable bonds is 6. The third kappa shape index (κ3) is 4.03. The van der Waals surface area contributed by atoms with Crippen LogP contribution < -0.4 is 0 Å². The van der Waals surface area contributed by atoms with Crippen LogP contribution >= 0.6 is 11.3 Å². The zero-order chi connectivity index (χ0) is 13.8. The molecule has 0 saturated carbocycles. The zero-order valence-electron chi connectivity index (χ0n) is 11.4. The fourth-order valence-electron chi connectivity index (χ4n) is 2.40. The predicted octanol–water partition coefficient (Wildman–Crippen LogP) is 2.24. The largest absolute Gasteiger partial charge is 0.479 e. The van der Waals surface area contributed by atoms with Crippen LogP contribution in [0.15, 0.2) is 17.5 Å². The van der Waals surface area contributed by atoms with Crippen LogP contribution in [0.25, 0.3) is 0 Å². The van der Waals surface area contributed by atoms with Crippen LogP contribution in [0.4, 0.5) is 0 Å². The van der Waals surface area contributed by atoms with E-state index in [1.807, 2.05) is 0 Å². The van der Waals surface area contributed by atoms with E-state index in [1.54, 1.807) is 11.3 Å². The second-order valence-corrected chi connectivity index (χ2v) is 6.27. The van der Waals surface area contributed by atoms with E-state index in [9.17, 15) is 4.79 Å². The molecule has 0 bridgehead atoms. The summed E-state index contributed by atoms with van der Waals surface area (Å²) in [5.41, 5.74) is 0. The minimum atomic E-state index is -0.836. The molecular weight excluding hydrogens is 262 g/mol. The Kier molecular flexibility index (Phi) is 4.96. The van der Waals surface area contributed by atoms with Crippen molar-refractivity contribution >= 4 is 17.3 Å². The van der Waals surface area contributed by atoms with Gasteiger partial charge in [-0.1, -0.05) is 6.07 Å². The average Bonchev–Trinajstić information content (AvgIpc) is 2.99. The quantitative estimate of drug-likeness (QED) is 0.870. The summed E-state index contributed by atoms with van der Waals surface area (Å²) in [6.45, 7) is 3.00. The Morgan fingerprint density at radius 3 is 3.00 bits per heavy atom. The zero-order valence-corrected chi connectivity index (χ0v) is 12.2. The first-order valence-electron chi connectivity index (χ1n) is 6.67. The first kappa shape index (κ1) is 14.5. The van der Waals surface area contributed by atoms with E-state index in [2.05, 4.69) is 36.4 Å². The van der Waals surface area contributed by atoms with Gasteiger partial charge >= 0.3 is 5.97 Å². The number of aliphatic carboxylic acids is 1. The number of hydrogen-bond acceptors (Lipinski definition) is 4. The van der Waals surface area contributed by atoms with Crippen molar-refractivity contribution in [3.63, 3.8) is 0 Å². The molecule has 0 amide bonds. The van der Waals surface area contributed by atoms with Crippen LogP contribution in [-0.2, 0) is 16.0 Å². The van der Waals surface area contributed by atoms with Gasteiger partial charge in [-0.2, -0.15) is 0 Å². The van der Waals surface area contributed by atoms with Crippen molar-refractivity contribution < 1.29 is 14.6 Å². The van der Waals surface area contributed by atoms with Crippen molar-refractivity contribution in [2.45, 2.75) is 44.4 Å². The van der Waals surface area contributed by atoms with Crippen molar-refractivity contribution in [2.75, 3.05) is 13.6 Å². The van der Waals surface area contributed by atoms with Crippen LogP contribution in [-0.4, -0.2) is 47.8 Å². The SMILES string of the molecule is CC(Cc1cccs1)N(C)CC1CCC(C(=O)O)O1. The summed E-state index contributed by atoms with van der Waals surface area (Å²) >= 11 is 1.78. The molecule has 1 aliphatic heterocycles. The highest BCUT2D eigenvalue weighted by Gasteiger charge is 2.31. The molecule has 4 nitrogen and oxygen atoms in total. The number of hydrogen-bond donors (Lipinski definition) is 1.